The number of amides is 1. The number of likely N-dealkylation sites (tertiary alicyclic amines) is 1. The van der Waals surface area contributed by atoms with Gasteiger partial charge in [-0.05, 0) is 43.4 Å². The van der Waals surface area contributed by atoms with Crippen LogP contribution in [0.25, 0.3) is 0 Å². The minimum Gasteiger partial charge on any atom is -0.335 e. The van der Waals surface area contributed by atoms with E-state index in [1.807, 2.05) is 6.07 Å². The van der Waals surface area contributed by atoms with Crippen molar-refractivity contribution in [1.82, 2.24) is 4.90 Å². The van der Waals surface area contributed by atoms with Crippen LogP contribution in [0.5, 0.6) is 0 Å². The highest BCUT2D eigenvalue weighted by molar-refractivity contribution is 6.30. The summed E-state index contributed by atoms with van der Waals surface area (Å²) in [6.45, 7) is 0.383. The molecule has 1 atom stereocenters. The molecule has 1 unspecified atom stereocenters. The Morgan fingerprint density at radius 3 is 2.55 bits per heavy atom. The average molecular weight is 332 g/mol. The van der Waals surface area contributed by atoms with Gasteiger partial charge in [-0.15, -0.1) is 0 Å². The molecule has 1 aliphatic carbocycles. The first-order valence-electron chi connectivity index (χ1n) is 7.48. The van der Waals surface area contributed by atoms with E-state index in [-0.39, 0.29) is 18.9 Å². The number of rotatable bonds is 2. The Morgan fingerprint density at radius 2 is 2.00 bits per heavy atom. The van der Waals surface area contributed by atoms with E-state index in [9.17, 15) is 18.0 Å². The fraction of sp³-hybridized carbons (Fsp3) is 0.562. The zero-order valence-electron chi connectivity index (χ0n) is 12.0. The van der Waals surface area contributed by atoms with Crippen LogP contribution in [0.15, 0.2) is 24.3 Å². The maximum atomic E-state index is 13.4. The molecule has 1 aliphatic heterocycles. The molecule has 1 saturated heterocycles. The number of carbonyl (C=O) groups excluding carboxylic acids is 1. The molecule has 0 aromatic heterocycles. The van der Waals surface area contributed by atoms with E-state index in [4.69, 9.17) is 11.6 Å². The molecule has 0 radical (unpaired) electrons. The summed E-state index contributed by atoms with van der Waals surface area (Å²) in [5.41, 5.74) is -1.34. The van der Waals surface area contributed by atoms with Crippen LogP contribution >= 0.6 is 11.6 Å². The van der Waals surface area contributed by atoms with Gasteiger partial charge in [0.2, 0.25) is 5.91 Å². The molecule has 1 aromatic carbocycles. The van der Waals surface area contributed by atoms with Gasteiger partial charge in [0.1, 0.15) is 5.41 Å². The van der Waals surface area contributed by atoms with E-state index in [1.54, 1.807) is 18.2 Å². The predicted octanol–water partition coefficient (Wildman–Crippen LogP) is 4.74. The number of halogens is 4. The molecule has 22 heavy (non-hydrogen) atoms. The largest absolute Gasteiger partial charge is 0.403 e. The van der Waals surface area contributed by atoms with E-state index in [0.29, 0.717) is 24.4 Å². The molecule has 1 saturated carbocycles. The minimum atomic E-state index is -4.47. The van der Waals surface area contributed by atoms with Crippen LogP contribution < -0.4 is 0 Å². The quantitative estimate of drug-likeness (QED) is 0.766. The number of alkyl halides is 3. The van der Waals surface area contributed by atoms with Crippen LogP contribution in [0.4, 0.5) is 13.2 Å². The first-order valence-corrected chi connectivity index (χ1v) is 7.86. The van der Waals surface area contributed by atoms with Crippen LogP contribution in [-0.2, 0) is 4.79 Å². The van der Waals surface area contributed by atoms with Gasteiger partial charge >= 0.3 is 6.18 Å². The maximum absolute atomic E-state index is 13.4. The van der Waals surface area contributed by atoms with Gasteiger partial charge in [-0.3, -0.25) is 4.79 Å². The van der Waals surface area contributed by atoms with Crippen LogP contribution in [0, 0.1) is 5.41 Å². The Balaban J connectivity index is 1.89. The van der Waals surface area contributed by atoms with Crippen molar-refractivity contribution < 1.29 is 18.0 Å². The zero-order valence-corrected chi connectivity index (χ0v) is 12.8. The molecular formula is C16H17ClF3NO. The van der Waals surface area contributed by atoms with Crippen molar-refractivity contribution in [3.8, 4) is 0 Å². The smallest absolute Gasteiger partial charge is 0.335 e. The lowest BCUT2D eigenvalue weighted by molar-refractivity contribution is -0.248. The van der Waals surface area contributed by atoms with Crippen LogP contribution in [0.2, 0.25) is 5.02 Å². The summed E-state index contributed by atoms with van der Waals surface area (Å²) < 4.78 is 40.2. The van der Waals surface area contributed by atoms with Gasteiger partial charge in [0.25, 0.3) is 0 Å². The van der Waals surface area contributed by atoms with Crippen LogP contribution in [-0.4, -0.2) is 23.5 Å². The van der Waals surface area contributed by atoms with Crippen molar-refractivity contribution in [2.24, 2.45) is 5.41 Å². The fourth-order valence-electron chi connectivity index (χ4n) is 3.49. The second-order valence-corrected chi connectivity index (χ2v) is 6.58. The van der Waals surface area contributed by atoms with E-state index in [1.165, 1.54) is 4.90 Å². The molecule has 2 aliphatic rings. The normalized spacial score (nSPS) is 24.2. The van der Waals surface area contributed by atoms with E-state index in [2.05, 4.69) is 0 Å². The average Bonchev–Trinajstić information content (AvgIpc) is 2.84. The van der Waals surface area contributed by atoms with E-state index >= 15 is 0 Å². The Morgan fingerprint density at radius 1 is 1.27 bits per heavy atom. The summed E-state index contributed by atoms with van der Waals surface area (Å²) in [7, 11) is 0. The lowest BCUT2D eigenvalue weighted by Crippen LogP contribution is -2.55. The predicted molar refractivity (Wildman–Crippen MR) is 77.5 cm³/mol. The molecule has 2 nitrogen and oxygen atoms in total. The molecule has 6 heteroatoms. The number of hydrogen-bond donors (Lipinski definition) is 0. The fourth-order valence-corrected chi connectivity index (χ4v) is 3.69. The van der Waals surface area contributed by atoms with Gasteiger partial charge in [0.15, 0.2) is 0 Å². The number of benzene rings is 1. The molecule has 1 amide bonds. The van der Waals surface area contributed by atoms with Crippen molar-refractivity contribution in [2.45, 2.75) is 44.3 Å². The molecule has 1 aromatic rings. The van der Waals surface area contributed by atoms with Crippen molar-refractivity contribution in [1.29, 1.82) is 0 Å². The Hall–Kier alpha value is -1.23. The summed E-state index contributed by atoms with van der Waals surface area (Å²) >= 11 is 5.97. The highest BCUT2D eigenvalue weighted by atomic mass is 35.5. The van der Waals surface area contributed by atoms with E-state index in [0.717, 1.165) is 12.0 Å². The minimum absolute atomic E-state index is 0.0892. The molecule has 3 rings (SSSR count). The SMILES string of the molecule is O=C(N1CCCC1c1cccc(Cl)c1)C1(C(F)(F)F)CCC1. The number of hydrogen-bond acceptors (Lipinski definition) is 1. The van der Waals surface area contributed by atoms with Gasteiger partial charge in [-0.25, -0.2) is 0 Å². The Bertz CT molecular complexity index is 583. The first-order chi connectivity index (χ1) is 10.3. The first kappa shape index (κ1) is 15.7. The maximum Gasteiger partial charge on any atom is 0.403 e. The van der Waals surface area contributed by atoms with Gasteiger partial charge < -0.3 is 4.90 Å². The van der Waals surface area contributed by atoms with Gasteiger partial charge in [0.05, 0.1) is 6.04 Å². The standard InChI is InChI=1S/C16H17ClF3NO/c17-12-5-1-4-11(10-12)13-6-2-9-21(13)14(22)15(7-3-8-15)16(18,19)20/h1,4-5,10,13H,2-3,6-9H2. The molecule has 2 fully saturated rings. The third-order valence-corrected chi connectivity index (χ3v) is 5.14. The van der Waals surface area contributed by atoms with Crippen molar-refractivity contribution in [2.75, 3.05) is 6.54 Å². The summed E-state index contributed by atoms with van der Waals surface area (Å²) in [5, 5.41) is 0.533. The van der Waals surface area contributed by atoms with Gasteiger partial charge in [-0.1, -0.05) is 30.2 Å². The molecule has 0 bridgehead atoms. The molecule has 0 spiro atoms. The van der Waals surface area contributed by atoms with Crippen molar-refractivity contribution >= 4 is 17.5 Å². The monoisotopic (exact) mass is 331 g/mol. The molecule has 120 valence electrons. The topological polar surface area (TPSA) is 20.3 Å². The van der Waals surface area contributed by atoms with Crippen molar-refractivity contribution in [3.63, 3.8) is 0 Å². The third kappa shape index (κ3) is 2.39. The number of carbonyl (C=O) groups is 1. The zero-order chi connectivity index (χ0) is 16.0. The summed E-state index contributed by atoms with van der Waals surface area (Å²) in [6.07, 6.45) is -2.79. The van der Waals surface area contributed by atoms with Crippen LogP contribution in [0.3, 0.4) is 0 Å². The molecular weight excluding hydrogens is 315 g/mol. The summed E-state index contributed by atoms with van der Waals surface area (Å²) in [4.78, 5) is 14.1. The van der Waals surface area contributed by atoms with E-state index < -0.39 is 17.5 Å². The summed E-state index contributed by atoms with van der Waals surface area (Å²) in [6, 6.07) is 6.74. The molecule has 1 heterocycles. The second-order valence-electron chi connectivity index (χ2n) is 6.14. The van der Waals surface area contributed by atoms with Gasteiger partial charge in [0, 0.05) is 11.6 Å². The highest BCUT2D eigenvalue weighted by Crippen LogP contribution is 2.55. The lowest BCUT2D eigenvalue weighted by Gasteiger charge is -2.44. The van der Waals surface area contributed by atoms with Crippen LogP contribution in [0.1, 0.15) is 43.7 Å². The van der Waals surface area contributed by atoms with Crippen molar-refractivity contribution in [3.05, 3.63) is 34.9 Å². The lowest BCUT2D eigenvalue weighted by atomic mass is 9.67. The number of nitrogens with zero attached hydrogens (tertiary/aromatic N) is 1. The van der Waals surface area contributed by atoms with Gasteiger partial charge in [-0.2, -0.15) is 13.2 Å². The Kier molecular flexibility index (Phi) is 3.87. The third-order valence-electron chi connectivity index (χ3n) is 4.91. The summed E-state index contributed by atoms with van der Waals surface area (Å²) in [5.74, 6) is -0.756. The second kappa shape index (κ2) is 5.44. The Labute approximate surface area is 132 Å². The highest BCUT2D eigenvalue weighted by Gasteiger charge is 2.65. The molecule has 0 N–H and O–H groups in total.